The molecule has 0 amide bonds. The lowest BCUT2D eigenvalue weighted by Gasteiger charge is -2.29. The van der Waals surface area contributed by atoms with Gasteiger partial charge in [0.1, 0.15) is 0 Å². The fraction of sp³-hybridized carbons (Fsp3) is 0.343. The number of nitrogens with zero attached hydrogens (tertiary/aromatic N) is 1. The van der Waals surface area contributed by atoms with Gasteiger partial charge in [0.05, 0.1) is 11.4 Å². The maximum atomic E-state index is 6.40. The minimum atomic E-state index is -0.144. The highest BCUT2D eigenvalue weighted by Gasteiger charge is 2.28. The molecule has 4 aromatic rings. The highest BCUT2D eigenvalue weighted by molar-refractivity contribution is 6.30. The molecule has 0 spiro atoms. The smallest absolute Gasteiger partial charge is 0.0544 e. The number of rotatable bonds is 4. The maximum absolute atomic E-state index is 6.40. The summed E-state index contributed by atoms with van der Waals surface area (Å²) in [5, 5.41) is 4.47. The lowest BCUT2D eigenvalue weighted by Crippen LogP contribution is -2.21. The molecule has 0 bridgehead atoms. The van der Waals surface area contributed by atoms with E-state index in [4.69, 9.17) is 16.6 Å². The molecule has 0 unspecified atom stereocenters. The average molecular weight is 525 g/mol. The summed E-state index contributed by atoms with van der Waals surface area (Å²) >= 11 is 6.40. The monoisotopic (exact) mass is 524 g/mol. The molecule has 0 radical (unpaired) electrons. The summed E-state index contributed by atoms with van der Waals surface area (Å²) in [4.78, 5) is 5.30. The fourth-order valence-corrected chi connectivity index (χ4v) is 4.83. The Morgan fingerprint density at radius 3 is 1.84 bits per heavy atom. The average Bonchev–Trinajstić information content (AvgIpc) is 2.82. The first kappa shape index (κ1) is 27.9. The second-order valence-electron chi connectivity index (χ2n) is 13.3. The fourth-order valence-electron chi connectivity index (χ4n) is 4.64. The minimum Gasteiger partial charge on any atom is -0.354 e. The van der Waals surface area contributed by atoms with Gasteiger partial charge in [0.25, 0.3) is 0 Å². The zero-order valence-corrected chi connectivity index (χ0v) is 25.1. The maximum Gasteiger partial charge on any atom is 0.0544 e. The molecule has 3 heteroatoms. The molecule has 1 heterocycles. The van der Waals surface area contributed by atoms with Crippen LogP contribution in [0.3, 0.4) is 0 Å². The Kier molecular flexibility index (Phi) is 7.51. The van der Waals surface area contributed by atoms with Crippen LogP contribution in [0.5, 0.6) is 0 Å². The Morgan fingerprint density at radius 1 is 0.605 bits per heavy atom. The Morgan fingerprint density at radius 2 is 1.26 bits per heavy atom. The van der Waals surface area contributed by atoms with Crippen LogP contribution in [0, 0.1) is 0 Å². The molecule has 198 valence electrons. The van der Waals surface area contributed by atoms with Crippen LogP contribution in [0.2, 0.25) is 5.02 Å². The van der Waals surface area contributed by atoms with Crippen molar-refractivity contribution in [2.45, 2.75) is 78.6 Å². The van der Waals surface area contributed by atoms with E-state index in [-0.39, 0.29) is 16.2 Å². The Labute approximate surface area is 234 Å². The van der Waals surface area contributed by atoms with E-state index < -0.39 is 0 Å². The van der Waals surface area contributed by atoms with Crippen molar-refractivity contribution in [1.29, 1.82) is 0 Å². The summed E-state index contributed by atoms with van der Waals surface area (Å²) in [7, 11) is 0. The van der Waals surface area contributed by atoms with Crippen molar-refractivity contribution in [3.05, 3.63) is 101 Å². The Balaban J connectivity index is 2.11. The molecule has 0 aliphatic carbocycles. The van der Waals surface area contributed by atoms with Crippen LogP contribution in [0.25, 0.3) is 22.3 Å². The van der Waals surface area contributed by atoms with Crippen LogP contribution in [-0.4, -0.2) is 4.98 Å². The number of benzene rings is 3. The zero-order chi connectivity index (χ0) is 27.9. The zero-order valence-electron chi connectivity index (χ0n) is 24.3. The third kappa shape index (κ3) is 6.13. The number of hydrogen-bond donors (Lipinski definition) is 1. The van der Waals surface area contributed by atoms with Crippen molar-refractivity contribution >= 4 is 23.0 Å². The topological polar surface area (TPSA) is 24.9 Å². The largest absolute Gasteiger partial charge is 0.354 e. The number of anilines is 2. The summed E-state index contributed by atoms with van der Waals surface area (Å²) in [6.07, 6.45) is 0. The number of aromatic nitrogens is 1. The molecule has 0 saturated carbocycles. The van der Waals surface area contributed by atoms with Crippen molar-refractivity contribution in [2.24, 2.45) is 0 Å². The first-order valence-corrected chi connectivity index (χ1v) is 13.8. The summed E-state index contributed by atoms with van der Waals surface area (Å²) in [5.41, 5.74) is 9.91. The number of pyridine rings is 1. The van der Waals surface area contributed by atoms with Gasteiger partial charge in [0.2, 0.25) is 0 Å². The molecule has 1 N–H and O–H groups in total. The highest BCUT2D eigenvalue weighted by Crippen LogP contribution is 2.45. The minimum absolute atomic E-state index is 0.0342. The van der Waals surface area contributed by atoms with Crippen LogP contribution >= 0.6 is 11.6 Å². The third-order valence-corrected chi connectivity index (χ3v) is 7.08. The second kappa shape index (κ2) is 10.2. The van der Waals surface area contributed by atoms with Crippen molar-refractivity contribution in [2.75, 3.05) is 5.32 Å². The van der Waals surface area contributed by atoms with Crippen molar-refractivity contribution in [1.82, 2.24) is 4.98 Å². The molecule has 4 rings (SSSR count). The van der Waals surface area contributed by atoms with Gasteiger partial charge in [0.15, 0.2) is 0 Å². The predicted molar refractivity (Wildman–Crippen MR) is 166 cm³/mol. The summed E-state index contributed by atoms with van der Waals surface area (Å²) in [6.45, 7) is 20.2. The van der Waals surface area contributed by atoms with Gasteiger partial charge >= 0.3 is 0 Å². The lowest BCUT2D eigenvalue weighted by molar-refractivity contribution is 0.532. The van der Waals surface area contributed by atoms with Crippen molar-refractivity contribution in [3.63, 3.8) is 0 Å². The van der Waals surface area contributed by atoms with Crippen LogP contribution in [0.4, 0.5) is 11.4 Å². The van der Waals surface area contributed by atoms with Gasteiger partial charge in [-0.25, -0.2) is 0 Å². The van der Waals surface area contributed by atoms with Gasteiger partial charge in [0, 0.05) is 43.9 Å². The molecule has 0 saturated heterocycles. The first-order valence-electron chi connectivity index (χ1n) is 13.4. The van der Waals surface area contributed by atoms with Gasteiger partial charge in [-0.05, 0) is 52.9 Å². The van der Waals surface area contributed by atoms with E-state index in [0.717, 1.165) is 39.5 Å². The quantitative estimate of drug-likeness (QED) is 0.287. The molecule has 1 aromatic heterocycles. The van der Waals surface area contributed by atoms with E-state index >= 15 is 0 Å². The Bertz CT molecular complexity index is 1430. The number of hydrogen-bond acceptors (Lipinski definition) is 2. The Hall–Kier alpha value is -3.10. The SMILES string of the molecule is CC(C)(C)c1cc(-c2ccccc2)c(Nc2cccc(Cl)c2)c(-c2ccc(C(C)(C)C)nc2C(C)(C)C)c1. The number of nitrogens with one attached hydrogen (secondary N) is 1. The van der Waals surface area contributed by atoms with E-state index in [1.54, 1.807) is 0 Å². The normalized spacial score (nSPS) is 12.5. The first-order chi connectivity index (χ1) is 17.6. The van der Waals surface area contributed by atoms with E-state index in [9.17, 15) is 0 Å². The molecular formula is C35H41ClN2. The molecule has 0 aliphatic heterocycles. The van der Waals surface area contributed by atoms with Crippen LogP contribution in [0.1, 0.15) is 79.3 Å². The molecule has 3 aromatic carbocycles. The second-order valence-corrected chi connectivity index (χ2v) is 13.7. The van der Waals surface area contributed by atoms with Gasteiger partial charge in [-0.2, -0.15) is 0 Å². The highest BCUT2D eigenvalue weighted by atomic mass is 35.5. The molecule has 0 atom stereocenters. The number of halogens is 1. The van der Waals surface area contributed by atoms with Crippen LogP contribution in [-0.2, 0) is 16.2 Å². The van der Waals surface area contributed by atoms with E-state index in [1.807, 2.05) is 18.2 Å². The summed E-state index contributed by atoms with van der Waals surface area (Å²) in [5.74, 6) is 0. The van der Waals surface area contributed by atoms with E-state index in [0.29, 0.717) is 5.02 Å². The molecule has 2 nitrogen and oxygen atoms in total. The van der Waals surface area contributed by atoms with Crippen LogP contribution < -0.4 is 5.32 Å². The van der Waals surface area contributed by atoms with E-state index in [2.05, 4.69) is 128 Å². The molecule has 0 aliphatic rings. The van der Waals surface area contributed by atoms with Crippen molar-refractivity contribution in [3.8, 4) is 22.3 Å². The van der Waals surface area contributed by atoms with Gasteiger partial charge in [-0.15, -0.1) is 0 Å². The standard InChI is InChI=1S/C35H41ClN2/c1-33(2,3)24-20-28(23-14-11-10-12-15-23)31(37-26-17-13-16-25(36)22-26)29(21-24)27-18-19-30(34(4,5)6)38-32(27)35(7,8)9/h10-22,37H,1-9H3. The lowest BCUT2D eigenvalue weighted by atomic mass is 9.79. The predicted octanol–water partition coefficient (Wildman–Crippen LogP) is 10.7. The molecule has 0 fully saturated rings. The van der Waals surface area contributed by atoms with Crippen LogP contribution in [0.15, 0.2) is 78.9 Å². The summed E-state index contributed by atoms with van der Waals surface area (Å²) in [6, 6.07) is 27.7. The molecular weight excluding hydrogens is 484 g/mol. The summed E-state index contributed by atoms with van der Waals surface area (Å²) < 4.78 is 0. The van der Waals surface area contributed by atoms with Gasteiger partial charge in [-0.1, -0.05) is 116 Å². The third-order valence-electron chi connectivity index (χ3n) is 6.85. The molecule has 38 heavy (non-hydrogen) atoms. The van der Waals surface area contributed by atoms with Gasteiger partial charge < -0.3 is 5.32 Å². The van der Waals surface area contributed by atoms with Crippen molar-refractivity contribution < 1.29 is 0 Å². The van der Waals surface area contributed by atoms with E-state index in [1.165, 1.54) is 11.1 Å². The van der Waals surface area contributed by atoms with Gasteiger partial charge in [-0.3, -0.25) is 4.98 Å².